The number of anilines is 2. The lowest BCUT2D eigenvalue weighted by molar-refractivity contribution is -0.0498. The van der Waals surface area contributed by atoms with Gasteiger partial charge in [0, 0.05) is 23.5 Å². The third kappa shape index (κ3) is 4.52. The van der Waals surface area contributed by atoms with Gasteiger partial charge in [0.05, 0.1) is 11.4 Å². The Kier molecular flexibility index (Phi) is 6.16. The van der Waals surface area contributed by atoms with E-state index in [1.54, 1.807) is 36.1 Å². The number of nitrogens with one attached hydrogen (secondary N) is 1. The fraction of sp³-hybridized carbons (Fsp3) is 0.154. The second kappa shape index (κ2) is 9.57. The number of nitrogens with zero attached hydrogens (tertiary/aromatic N) is 4. The number of halogens is 2. The Morgan fingerprint density at radius 1 is 1.00 bits per heavy atom. The van der Waals surface area contributed by atoms with Crippen molar-refractivity contribution in [1.82, 2.24) is 15.0 Å². The van der Waals surface area contributed by atoms with Crippen molar-refractivity contribution in [2.24, 2.45) is 0 Å². The van der Waals surface area contributed by atoms with Gasteiger partial charge in [-0.05, 0) is 73.5 Å². The highest BCUT2D eigenvalue weighted by Gasteiger charge is 2.25. The van der Waals surface area contributed by atoms with E-state index in [0.29, 0.717) is 29.2 Å². The highest BCUT2D eigenvalue weighted by atomic mass is 19.3. The van der Waals surface area contributed by atoms with E-state index < -0.39 is 12.5 Å². The average molecular weight is 489 g/mol. The first-order valence-electron chi connectivity index (χ1n) is 11.2. The monoisotopic (exact) mass is 489 g/mol. The molecule has 0 spiro atoms. The van der Waals surface area contributed by atoms with E-state index in [1.807, 2.05) is 24.3 Å². The number of benzene rings is 3. The molecule has 0 saturated heterocycles. The van der Waals surface area contributed by atoms with Crippen molar-refractivity contribution in [3.8, 4) is 11.4 Å². The third-order valence-corrected chi connectivity index (χ3v) is 5.94. The van der Waals surface area contributed by atoms with Gasteiger partial charge in [0.2, 0.25) is 0 Å². The zero-order valence-corrected chi connectivity index (χ0v) is 19.2. The van der Waals surface area contributed by atoms with Gasteiger partial charge in [-0.2, -0.15) is 8.78 Å². The van der Waals surface area contributed by atoms with Crippen LogP contribution in [-0.4, -0.2) is 40.0 Å². The fourth-order valence-corrected chi connectivity index (χ4v) is 4.14. The molecule has 1 aliphatic rings. The Bertz CT molecular complexity index is 1420. The summed E-state index contributed by atoms with van der Waals surface area (Å²) in [4.78, 5) is 27.6. The smallest absolute Gasteiger partial charge is 0.387 e. The van der Waals surface area contributed by atoms with E-state index in [2.05, 4.69) is 20.4 Å². The number of alkyl halides is 2. The standard InChI is InChI=1S/C26H21F2N5O3/c1-16-23(30-31-33(16)20-10-12-21(13-11-20)36-26(27)28)24(34)29-19-8-6-18(7-9-19)25(35)32-15-14-17-4-2-3-5-22(17)32/h2-13,26H,14-15H2,1H3,(H,29,34). The van der Waals surface area contributed by atoms with Crippen LogP contribution < -0.4 is 15.0 Å². The molecule has 2 amide bonds. The molecule has 0 fully saturated rings. The van der Waals surface area contributed by atoms with E-state index in [1.165, 1.54) is 28.9 Å². The largest absolute Gasteiger partial charge is 0.435 e. The second-order valence-electron chi connectivity index (χ2n) is 8.17. The summed E-state index contributed by atoms with van der Waals surface area (Å²) in [5, 5.41) is 10.7. The van der Waals surface area contributed by atoms with Crippen molar-refractivity contribution in [2.75, 3.05) is 16.8 Å². The molecule has 3 aromatic carbocycles. The number of carbonyl (C=O) groups excluding carboxylic acids is 2. The molecule has 2 heterocycles. The first-order valence-corrected chi connectivity index (χ1v) is 11.2. The van der Waals surface area contributed by atoms with Gasteiger partial charge < -0.3 is 15.0 Å². The molecule has 0 bridgehead atoms. The van der Waals surface area contributed by atoms with Gasteiger partial charge in [0.25, 0.3) is 11.8 Å². The molecule has 10 heteroatoms. The Morgan fingerprint density at radius 3 is 2.44 bits per heavy atom. The molecule has 36 heavy (non-hydrogen) atoms. The lowest BCUT2D eigenvalue weighted by Crippen LogP contribution is -2.28. The summed E-state index contributed by atoms with van der Waals surface area (Å²) in [7, 11) is 0. The molecule has 182 valence electrons. The fourth-order valence-electron chi connectivity index (χ4n) is 4.14. The normalized spacial score (nSPS) is 12.5. The Morgan fingerprint density at radius 2 is 1.72 bits per heavy atom. The van der Waals surface area contributed by atoms with Crippen LogP contribution in [-0.2, 0) is 6.42 Å². The maximum absolute atomic E-state index is 13.0. The molecule has 1 aromatic heterocycles. The van der Waals surface area contributed by atoms with Gasteiger partial charge in [0.15, 0.2) is 5.69 Å². The molecular formula is C26H21F2N5O3. The number of rotatable bonds is 6. The number of para-hydroxylation sites is 1. The van der Waals surface area contributed by atoms with E-state index in [9.17, 15) is 18.4 Å². The van der Waals surface area contributed by atoms with Gasteiger partial charge in [-0.1, -0.05) is 23.4 Å². The highest BCUT2D eigenvalue weighted by molar-refractivity contribution is 6.08. The van der Waals surface area contributed by atoms with E-state index in [0.717, 1.165) is 17.7 Å². The molecular weight excluding hydrogens is 468 g/mol. The van der Waals surface area contributed by atoms with Crippen molar-refractivity contribution in [3.05, 3.63) is 95.3 Å². The predicted molar refractivity (Wildman–Crippen MR) is 129 cm³/mol. The lowest BCUT2D eigenvalue weighted by atomic mass is 10.1. The number of hydrogen-bond donors (Lipinski definition) is 1. The maximum atomic E-state index is 13.0. The molecule has 0 radical (unpaired) electrons. The van der Waals surface area contributed by atoms with Gasteiger partial charge in [-0.25, -0.2) is 4.68 Å². The van der Waals surface area contributed by atoms with E-state index in [4.69, 9.17) is 0 Å². The second-order valence-corrected chi connectivity index (χ2v) is 8.17. The minimum Gasteiger partial charge on any atom is -0.435 e. The topological polar surface area (TPSA) is 89.4 Å². The molecule has 5 rings (SSSR count). The summed E-state index contributed by atoms with van der Waals surface area (Å²) >= 11 is 0. The number of fused-ring (bicyclic) bond motifs is 1. The summed E-state index contributed by atoms with van der Waals surface area (Å²) in [6.07, 6.45) is 0.823. The minimum absolute atomic E-state index is 0.0142. The van der Waals surface area contributed by atoms with E-state index >= 15 is 0 Å². The Balaban J connectivity index is 1.26. The third-order valence-electron chi connectivity index (χ3n) is 5.94. The zero-order chi connectivity index (χ0) is 25.2. The van der Waals surface area contributed by atoms with Crippen LogP contribution in [0.2, 0.25) is 0 Å². The minimum atomic E-state index is -2.91. The first kappa shape index (κ1) is 23.2. The van der Waals surface area contributed by atoms with Crippen molar-refractivity contribution < 1.29 is 23.1 Å². The van der Waals surface area contributed by atoms with Crippen LogP contribution in [0.5, 0.6) is 5.75 Å². The zero-order valence-electron chi connectivity index (χ0n) is 19.2. The Labute approximate surface area is 205 Å². The van der Waals surface area contributed by atoms with Crippen LogP contribution in [0.1, 0.15) is 32.1 Å². The lowest BCUT2D eigenvalue weighted by Gasteiger charge is -2.17. The van der Waals surface area contributed by atoms with Crippen LogP contribution in [0, 0.1) is 6.92 Å². The Hall–Kier alpha value is -4.60. The van der Waals surface area contributed by atoms with Crippen LogP contribution in [0.4, 0.5) is 20.2 Å². The SMILES string of the molecule is Cc1c(C(=O)Nc2ccc(C(=O)N3CCc4ccccc43)cc2)nnn1-c1ccc(OC(F)F)cc1. The molecule has 4 aromatic rings. The summed E-state index contributed by atoms with van der Waals surface area (Å²) in [5.41, 5.74) is 4.20. The molecule has 0 aliphatic carbocycles. The summed E-state index contributed by atoms with van der Waals surface area (Å²) < 4.78 is 30.5. The molecule has 0 unspecified atom stereocenters. The van der Waals surface area contributed by atoms with Gasteiger partial charge in [-0.15, -0.1) is 5.10 Å². The van der Waals surface area contributed by atoms with Crippen LogP contribution >= 0.6 is 0 Å². The quantitative estimate of drug-likeness (QED) is 0.427. The maximum Gasteiger partial charge on any atom is 0.387 e. The van der Waals surface area contributed by atoms with Crippen LogP contribution in [0.3, 0.4) is 0 Å². The van der Waals surface area contributed by atoms with Gasteiger partial charge in [-0.3, -0.25) is 9.59 Å². The van der Waals surface area contributed by atoms with Gasteiger partial charge in [0.1, 0.15) is 5.75 Å². The summed E-state index contributed by atoms with van der Waals surface area (Å²) in [5.74, 6) is -0.550. The summed E-state index contributed by atoms with van der Waals surface area (Å²) in [6, 6.07) is 20.3. The van der Waals surface area contributed by atoms with Crippen molar-refractivity contribution in [1.29, 1.82) is 0 Å². The van der Waals surface area contributed by atoms with E-state index in [-0.39, 0.29) is 17.4 Å². The van der Waals surface area contributed by atoms with Gasteiger partial charge >= 0.3 is 6.61 Å². The number of carbonyl (C=O) groups is 2. The van der Waals surface area contributed by atoms with Crippen LogP contribution in [0.15, 0.2) is 72.8 Å². The van der Waals surface area contributed by atoms with Crippen molar-refractivity contribution in [3.63, 3.8) is 0 Å². The van der Waals surface area contributed by atoms with Crippen molar-refractivity contribution in [2.45, 2.75) is 20.0 Å². The average Bonchev–Trinajstić information content (AvgIpc) is 3.48. The molecule has 0 saturated carbocycles. The molecule has 1 aliphatic heterocycles. The predicted octanol–water partition coefficient (Wildman–Crippen LogP) is 4.63. The first-order chi connectivity index (χ1) is 17.4. The van der Waals surface area contributed by atoms with Crippen molar-refractivity contribution >= 4 is 23.2 Å². The number of amides is 2. The number of ether oxygens (including phenoxy) is 1. The summed E-state index contributed by atoms with van der Waals surface area (Å²) in [6.45, 7) is -0.606. The molecule has 8 nitrogen and oxygen atoms in total. The highest BCUT2D eigenvalue weighted by Crippen LogP contribution is 2.29. The number of aromatic nitrogens is 3. The molecule has 0 atom stereocenters. The van der Waals surface area contributed by atoms with Crippen LogP contribution in [0.25, 0.3) is 5.69 Å². The molecule has 1 N–H and O–H groups in total. The number of hydrogen-bond acceptors (Lipinski definition) is 5.